The highest BCUT2D eigenvalue weighted by Gasteiger charge is 2.11. The zero-order chi connectivity index (χ0) is 10.2. The van der Waals surface area contributed by atoms with Crippen LogP contribution >= 0.6 is 0 Å². The highest BCUT2D eigenvalue weighted by molar-refractivity contribution is 5.73. The molecule has 1 fully saturated rings. The highest BCUT2D eigenvalue weighted by atomic mass is 16.5. The summed E-state index contributed by atoms with van der Waals surface area (Å²) >= 11 is 0. The Hall–Kier alpha value is -0.610. The normalized spacial score (nSPS) is 22.1. The van der Waals surface area contributed by atoms with Gasteiger partial charge < -0.3 is 15.8 Å². The fourth-order valence-corrected chi connectivity index (χ4v) is 1.70. The maximum atomic E-state index is 10.4. The number of nitrogens with two attached hydrogens (primary N) is 1. The first-order valence-electron chi connectivity index (χ1n) is 5.36. The zero-order valence-corrected chi connectivity index (χ0v) is 8.63. The number of amides is 1. The predicted octanol–water partition coefficient (Wildman–Crippen LogP) is 0.268. The van der Waals surface area contributed by atoms with Gasteiger partial charge in [-0.3, -0.25) is 4.79 Å². The van der Waals surface area contributed by atoms with E-state index in [1.165, 1.54) is 12.8 Å². The Kier molecular flexibility index (Phi) is 5.56. The Morgan fingerprint density at radius 2 is 2.36 bits per heavy atom. The number of rotatable bonds is 6. The standard InChI is InChI=1S/C10H20N2O2/c11-10(13)4-7-14-6-3-9-2-1-5-12-8-9/h9,12H,1-8H2,(H2,11,13). The third-order valence-electron chi connectivity index (χ3n) is 2.56. The fourth-order valence-electron chi connectivity index (χ4n) is 1.70. The van der Waals surface area contributed by atoms with Gasteiger partial charge in [-0.05, 0) is 38.3 Å². The molecule has 0 radical (unpaired) electrons. The van der Waals surface area contributed by atoms with Gasteiger partial charge in [-0.1, -0.05) is 0 Å². The van der Waals surface area contributed by atoms with Gasteiger partial charge in [0.1, 0.15) is 0 Å². The minimum atomic E-state index is -0.288. The minimum absolute atomic E-state index is 0.288. The van der Waals surface area contributed by atoms with Gasteiger partial charge in [0.25, 0.3) is 0 Å². The molecule has 1 saturated heterocycles. The molecule has 0 aromatic heterocycles. The second-order valence-corrected chi connectivity index (χ2v) is 3.83. The van der Waals surface area contributed by atoms with Crippen LogP contribution in [-0.2, 0) is 9.53 Å². The summed E-state index contributed by atoms with van der Waals surface area (Å²) < 4.78 is 5.32. The van der Waals surface area contributed by atoms with E-state index in [0.29, 0.717) is 13.0 Å². The second-order valence-electron chi connectivity index (χ2n) is 3.83. The van der Waals surface area contributed by atoms with Crippen LogP contribution in [0.5, 0.6) is 0 Å². The van der Waals surface area contributed by atoms with E-state index in [1.54, 1.807) is 0 Å². The maximum Gasteiger partial charge on any atom is 0.219 e. The number of hydrogen-bond acceptors (Lipinski definition) is 3. The molecule has 4 nitrogen and oxygen atoms in total. The molecule has 0 aromatic carbocycles. The lowest BCUT2D eigenvalue weighted by Crippen LogP contribution is -2.30. The number of nitrogens with one attached hydrogen (secondary N) is 1. The number of carbonyl (C=O) groups excluding carboxylic acids is 1. The van der Waals surface area contributed by atoms with Crippen LogP contribution in [0.3, 0.4) is 0 Å². The molecule has 82 valence electrons. The smallest absolute Gasteiger partial charge is 0.219 e. The summed E-state index contributed by atoms with van der Waals surface area (Å²) in [7, 11) is 0. The van der Waals surface area contributed by atoms with Crippen molar-refractivity contribution in [3.05, 3.63) is 0 Å². The third kappa shape index (κ3) is 5.19. The van der Waals surface area contributed by atoms with Crippen molar-refractivity contribution in [3.63, 3.8) is 0 Å². The van der Waals surface area contributed by atoms with Crippen molar-refractivity contribution in [1.29, 1.82) is 0 Å². The van der Waals surface area contributed by atoms with Crippen LogP contribution in [0.4, 0.5) is 0 Å². The van der Waals surface area contributed by atoms with E-state index in [2.05, 4.69) is 5.32 Å². The molecule has 0 aliphatic carbocycles. The average Bonchev–Trinajstić information content (AvgIpc) is 2.18. The first kappa shape index (κ1) is 11.5. The zero-order valence-electron chi connectivity index (χ0n) is 8.63. The Morgan fingerprint density at radius 1 is 1.50 bits per heavy atom. The van der Waals surface area contributed by atoms with Crippen LogP contribution in [0.25, 0.3) is 0 Å². The van der Waals surface area contributed by atoms with Gasteiger partial charge in [0.2, 0.25) is 5.91 Å². The Bertz CT molecular complexity index is 168. The predicted molar refractivity (Wildman–Crippen MR) is 54.8 cm³/mol. The molecule has 1 aliphatic heterocycles. The van der Waals surface area contributed by atoms with Crippen molar-refractivity contribution in [2.24, 2.45) is 11.7 Å². The minimum Gasteiger partial charge on any atom is -0.381 e. The van der Waals surface area contributed by atoms with Crippen LogP contribution in [-0.4, -0.2) is 32.2 Å². The molecule has 1 amide bonds. The van der Waals surface area contributed by atoms with Crippen molar-refractivity contribution < 1.29 is 9.53 Å². The summed E-state index contributed by atoms with van der Waals surface area (Å²) in [6.07, 6.45) is 3.99. The maximum absolute atomic E-state index is 10.4. The average molecular weight is 200 g/mol. The Morgan fingerprint density at radius 3 is 3.00 bits per heavy atom. The van der Waals surface area contributed by atoms with E-state index in [0.717, 1.165) is 32.0 Å². The van der Waals surface area contributed by atoms with E-state index in [1.807, 2.05) is 0 Å². The molecule has 1 unspecified atom stereocenters. The fraction of sp³-hybridized carbons (Fsp3) is 0.900. The largest absolute Gasteiger partial charge is 0.381 e. The van der Waals surface area contributed by atoms with E-state index < -0.39 is 0 Å². The number of primary amides is 1. The summed E-state index contributed by atoms with van der Waals surface area (Å²) in [5, 5.41) is 3.36. The molecule has 4 heteroatoms. The molecule has 14 heavy (non-hydrogen) atoms. The van der Waals surface area contributed by atoms with E-state index >= 15 is 0 Å². The molecule has 1 aliphatic rings. The van der Waals surface area contributed by atoms with Crippen molar-refractivity contribution in [2.45, 2.75) is 25.7 Å². The lowest BCUT2D eigenvalue weighted by Gasteiger charge is -2.22. The van der Waals surface area contributed by atoms with Crippen molar-refractivity contribution in [2.75, 3.05) is 26.3 Å². The lowest BCUT2D eigenvalue weighted by molar-refractivity contribution is -0.119. The molecule has 0 spiro atoms. The molecular formula is C10H20N2O2. The molecule has 1 heterocycles. The first-order chi connectivity index (χ1) is 6.79. The topological polar surface area (TPSA) is 64.4 Å². The molecule has 3 N–H and O–H groups in total. The van der Waals surface area contributed by atoms with Crippen molar-refractivity contribution in [1.82, 2.24) is 5.32 Å². The van der Waals surface area contributed by atoms with Crippen molar-refractivity contribution in [3.8, 4) is 0 Å². The summed E-state index contributed by atoms with van der Waals surface area (Å²) in [6, 6.07) is 0. The van der Waals surface area contributed by atoms with Gasteiger partial charge in [-0.25, -0.2) is 0 Å². The van der Waals surface area contributed by atoms with Gasteiger partial charge >= 0.3 is 0 Å². The lowest BCUT2D eigenvalue weighted by atomic mass is 9.97. The molecule has 0 aromatic rings. The van der Waals surface area contributed by atoms with Crippen molar-refractivity contribution >= 4 is 5.91 Å². The number of ether oxygens (including phenoxy) is 1. The van der Waals surface area contributed by atoms with Gasteiger partial charge in [0, 0.05) is 13.0 Å². The summed E-state index contributed by atoms with van der Waals surface area (Å²) in [4.78, 5) is 10.4. The first-order valence-corrected chi connectivity index (χ1v) is 5.36. The van der Waals surface area contributed by atoms with Gasteiger partial charge in [-0.15, -0.1) is 0 Å². The van der Waals surface area contributed by atoms with Crippen LogP contribution in [0, 0.1) is 5.92 Å². The quantitative estimate of drug-likeness (QED) is 0.605. The molecule has 1 atom stereocenters. The SMILES string of the molecule is NC(=O)CCOCCC1CCCNC1. The van der Waals surface area contributed by atoms with Crippen LogP contribution < -0.4 is 11.1 Å². The van der Waals surface area contributed by atoms with Crippen LogP contribution in [0.1, 0.15) is 25.7 Å². The number of carbonyl (C=O) groups is 1. The monoisotopic (exact) mass is 200 g/mol. The van der Waals surface area contributed by atoms with Crippen LogP contribution in [0.2, 0.25) is 0 Å². The summed E-state index contributed by atoms with van der Waals surface area (Å²) in [6.45, 7) is 3.48. The third-order valence-corrected chi connectivity index (χ3v) is 2.56. The molecular weight excluding hydrogens is 180 g/mol. The number of piperidine rings is 1. The summed E-state index contributed by atoms with van der Waals surface area (Å²) in [5.74, 6) is 0.460. The van der Waals surface area contributed by atoms with Crippen LogP contribution in [0.15, 0.2) is 0 Å². The van der Waals surface area contributed by atoms with E-state index in [9.17, 15) is 4.79 Å². The Balaban J connectivity index is 1.90. The summed E-state index contributed by atoms with van der Waals surface area (Å²) in [5.41, 5.74) is 4.99. The van der Waals surface area contributed by atoms with E-state index in [-0.39, 0.29) is 5.91 Å². The number of hydrogen-bond donors (Lipinski definition) is 2. The van der Waals surface area contributed by atoms with Gasteiger partial charge in [0.05, 0.1) is 6.61 Å². The Labute approximate surface area is 85.2 Å². The second kappa shape index (κ2) is 6.79. The highest BCUT2D eigenvalue weighted by Crippen LogP contribution is 2.13. The van der Waals surface area contributed by atoms with Gasteiger partial charge in [0.15, 0.2) is 0 Å². The van der Waals surface area contributed by atoms with E-state index in [4.69, 9.17) is 10.5 Å². The van der Waals surface area contributed by atoms with Gasteiger partial charge in [-0.2, -0.15) is 0 Å². The molecule has 0 saturated carbocycles. The molecule has 1 rings (SSSR count). The molecule has 0 bridgehead atoms.